The Morgan fingerprint density at radius 3 is 2.64 bits per heavy atom. The van der Waals surface area contributed by atoms with Gasteiger partial charge in [0.2, 0.25) is 0 Å². The Balaban J connectivity index is 1.61. The number of anilines is 1. The number of aromatic nitrogens is 1. The van der Waals surface area contributed by atoms with Gasteiger partial charge in [0.05, 0.1) is 5.69 Å². The van der Waals surface area contributed by atoms with Gasteiger partial charge in [-0.25, -0.2) is 4.79 Å². The van der Waals surface area contributed by atoms with Crippen LogP contribution in [0.2, 0.25) is 0 Å². The molecule has 2 N–H and O–H groups in total. The van der Waals surface area contributed by atoms with Crippen molar-refractivity contribution in [2.24, 2.45) is 0 Å². The van der Waals surface area contributed by atoms with Gasteiger partial charge < -0.3 is 20.1 Å². The molecule has 0 spiro atoms. The molecule has 3 rings (SSSR count). The van der Waals surface area contributed by atoms with Crippen LogP contribution >= 0.6 is 0 Å². The van der Waals surface area contributed by atoms with Crippen molar-refractivity contribution < 1.29 is 14.3 Å². The number of benzene rings is 1. The van der Waals surface area contributed by atoms with E-state index in [0.29, 0.717) is 24.5 Å². The number of amides is 1. The maximum Gasteiger partial charge on any atom is 0.410 e. The molecule has 1 aromatic heterocycles. The molecule has 2 aromatic rings. The van der Waals surface area contributed by atoms with Gasteiger partial charge in [0, 0.05) is 49.1 Å². The van der Waals surface area contributed by atoms with E-state index in [4.69, 9.17) is 15.2 Å². The third kappa shape index (κ3) is 4.13. The van der Waals surface area contributed by atoms with Crippen molar-refractivity contribution in [1.82, 2.24) is 9.88 Å². The summed E-state index contributed by atoms with van der Waals surface area (Å²) in [6.07, 6.45) is 4.81. The van der Waals surface area contributed by atoms with Gasteiger partial charge in [0.15, 0.2) is 0 Å². The highest BCUT2D eigenvalue weighted by molar-refractivity contribution is 5.95. The zero-order valence-corrected chi connectivity index (χ0v) is 15.0. The second kappa shape index (κ2) is 6.78. The highest BCUT2D eigenvalue weighted by Crippen LogP contribution is 2.32. The van der Waals surface area contributed by atoms with Gasteiger partial charge in [-0.05, 0) is 39.0 Å². The molecule has 1 aliphatic heterocycles. The molecule has 6 heteroatoms. The molecule has 1 amide bonds. The summed E-state index contributed by atoms with van der Waals surface area (Å²) in [7, 11) is 0. The predicted octanol–water partition coefficient (Wildman–Crippen LogP) is 3.60. The first-order valence-electron chi connectivity index (χ1n) is 8.60. The normalized spacial score (nSPS) is 16.0. The third-order valence-electron chi connectivity index (χ3n) is 4.21. The average molecular weight is 343 g/mol. The van der Waals surface area contributed by atoms with Crippen molar-refractivity contribution in [1.29, 1.82) is 0 Å². The lowest BCUT2D eigenvalue weighted by atomic mass is 10.1. The Bertz CT molecular complexity index is 762. The van der Waals surface area contributed by atoms with Gasteiger partial charge in [-0.2, -0.15) is 0 Å². The number of carbonyl (C=O) groups excluding carboxylic acids is 1. The van der Waals surface area contributed by atoms with E-state index in [0.717, 1.165) is 23.6 Å². The van der Waals surface area contributed by atoms with Crippen molar-refractivity contribution in [2.75, 3.05) is 18.8 Å². The fraction of sp³-hybridized carbons (Fsp3) is 0.474. The zero-order chi connectivity index (χ0) is 18.0. The first-order chi connectivity index (χ1) is 11.8. The first-order valence-corrected chi connectivity index (χ1v) is 8.60. The van der Waals surface area contributed by atoms with E-state index in [-0.39, 0.29) is 12.2 Å². The Hall–Kier alpha value is -2.50. The summed E-state index contributed by atoms with van der Waals surface area (Å²) in [6.45, 7) is 6.87. The minimum absolute atomic E-state index is 0.0419. The molecule has 0 atom stereocenters. The van der Waals surface area contributed by atoms with E-state index in [1.54, 1.807) is 17.3 Å². The minimum atomic E-state index is -0.473. The highest BCUT2D eigenvalue weighted by Gasteiger charge is 2.28. The monoisotopic (exact) mass is 343 g/mol. The van der Waals surface area contributed by atoms with Crippen LogP contribution in [0.1, 0.15) is 33.6 Å². The number of nitrogen functional groups attached to an aromatic ring is 1. The van der Waals surface area contributed by atoms with Crippen molar-refractivity contribution in [3.63, 3.8) is 0 Å². The maximum absolute atomic E-state index is 12.1. The van der Waals surface area contributed by atoms with Crippen molar-refractivity contribution in [2.45, 2.75) is 45.3 Å². The lowest BCUT2D eigenvalue weighted by molar-refractivity contribution is 0.0127. The van der Waals surface area contributed by atoms with E-state index in [9.17, 15) is 4.79 Å². The molecule has 1 aliphatic rings. The lowest BCUT2D eigenvalue weighted by Crippen LogP contribution is -2.44. The van der Waals surface area contributed by atoms with E-state index in [1.807, 2.05) is 39.0 Å². The van der Waals surface area contributed by atoms with Crippen LogP contribution in [-0.4, -0.2) is 40.8 Å². The molecule has 2 heterocycles. The number of hydrogen-bond donors (Lipinski definition) is 1. The number of carbonyl (C=O) groups is 1. The van der Waals surface area contributed by atoms with Gasteiger partial charge in [0.25, 0.3) is 0 Å². The fourth-order valence-electron chi connectivity index (χ4n) is 2.94. The van der Waals surface area contributed by atoms with Crippen LogP contribution in [0.3, 0.4) is 0 Å². The predicted molar refractivity (Wildman–Crippen MR) is 97.6 cm³/mol. The Labute approximate surface area is 147 Å². The molecule has 25 heavy (non-hydrogen) atoms. The third-order valence-corrected chi connectivity index (χ3v) is 4.21. The maximum atomic E-state index is 12.1. The molecule has 0 saturated carbocycles. The fourth-order valence-corrected chi connectivity index (χ4v) is 2.94. The van der Waals surface area contributed by atoms with E-state index in [2.05, 4.69) is 4.98 Å². The van der Waals surface area contributed by atoms with Crippen LogP contribution < -0.4 is 10.5 Å². The van der Waals surface area contributed by atoms with Crippen molar-refractivity contribution in [3.05, 3.63) is 30.6 Å². The molecule has 1 fully saturated rings. The quantitative estimate of drug-likeness (QED) is 0.843. The molecule has 0 radical (unpaired) electrons. The Morgan fingerprint density at radius 1 is 1.24 bits per heavy atom. The summed E-state index contributed by atoms with van der Waals surface area (Å²) in [6, 6.07) is 5.74. The SMILES string of the molecule is CC(C)(C)OC(=O)N1CCC(Oc2ccc3cnccc3c2N)CC1. The molecule has 6 nitrogen and oxygen atoms in total. The summed E-state index contributed by atoms with van der Waals surface area (Å²) in [4.78, 5) is 18.0. The van der Waals surface area contributed by atoms with Crippen molar-refractivity contribution in [3.8, 4) is 5.75 Å². The number of ether oxygens (including phenoxy) is 2. The van der Waals surface area contributed by atoms with E-state index in [1.165, 1.54) is 0 Å². The van der Waals surface area contributed by atoms with Crippen LogP contribution in [0.25, 0.3) is 10.8 Å². The second-order valence-electron chi connectivity index (χ2n) is 7.36. The topological polar surface area (TPSA) is 77.7 Å². The molecule has 0 unspecified atom stereocenters. The largest absolute Gasteiger partial charge is 0.488 e. The average Bonchev–Trinajstić information content (AvgIpc) is 2.57. The smallest absolute Gasteiger partial charge is 0.410 e. The van der Waals surface area contributed by atoms with Gasteiger partial charge in [-0.3, -0.25) is 4.98 Å². The van der Waals surface area contributed by atoms with Crippen LogP contribution in [0.15, 0.2) is 30.6 Å². The van der Waals surface area contributed by atoms with Crippen LogP contribution in [0.4, 0.5) is 10.5 Å². The molecule has 134 valence electrons. The number of fused-ring (bicyclic) bond motifs is 1. The van der Waals surface area contributed by atoms with Gasteiger partial charge in [0.1, 0.15) is 17.5 Å². The van der Waals surface area contributed by atoms with Crippen LogP contribution in [0, 0.1) is 0 Å². The number of rotatable bonds is 2. The molecule has 0 aliphatic carbocycles. The molecule has 1 saturated heterocycles. The summed E-state index contributed by atoms with van der Waals surface area (Å²) in [5.41, 5.74) is 6.40. The van der Waals surface area contributed by atoms with E-state index >= 15 is 0 Å². The van der Waals surface area contributed by atoms with Gasteiger partial charge in [-0.1, -0.05) is 0 Å². The summed E-state index contributed by atoms with van der Waals surface area (Å²) >= 11 is 0. The van der Waals surface area contributed by atoms with Crippen LogP contribution in [0.5, 0.6) is 5.75 Å². The number of likely N-dealkylation sites (tertiary alicyclic amines) is 1. The second-order valence-corrected chi connectivity index (χ2v) is 7.36. The Kier molecular flexibility index (Phi) is 4.70. The minimum Gasteiger partial charge on any atom is -0.488 e. The number of hydrogen-bond acceptors (Lipinski definition) is 5. The van der Waals surface area contributed by atoms with E-state index < -0.39 is 5.60 Å². The van der Waals surface area contributed by atoms with Gasteiger partial charge >= 0.3 is 6.09 Å². The van der Waals surface area contributed by atoms with Crippen LogP contribution in [-0.2, 0) is 4.74 Å². The highest BCUT2D eigenvalue weighted by atomic mass is 16.6. The summed E-state index contributed by atoms with van der Waals surface area (Å²) in [5.74, 6) is 0.689. The number of piperidine rings is 1. The molecule has 0 bridgehead atoms. The number of pyridine rings is 1. The molecular formula is C19H25N3O3. The first kappa shape index (κ1) is 17.3. The number of nitrogens with two attached hydrogens (primary N) is 1. The Morgan fingerprint density at radius 2 is 1.96 bits per heavy atom. The van der Waals surface area contributed by atoms with Crippen molar-refractivity contribution >= 4 is 22.6 Å². The number of nitrogens with zero attached hydrogens (tertiary/aromatic N) is 2. The molecule has 1 aromatic carbocycles. The lowest BCUT2D eigenvalue weighted by Gasteiger charge is -2.33. The van der Waals surface area contributed by atoms with Gasteiger partial charge in [-0.15, -0.1) is 0 Å². The standard InChI is InChI=1S/C19H25N3O3/c1-19(2,3)25-18(23)22-10-7-14(8-11-22)24-16-5-4-13-12-21-9-6-15(13)17(16)20/h4-6,9,12,14H,7-8,10-11,20H2,1-3H3. The summed E-state index contributed by atoms with van der Waals surface area (Å²) in [5, 5.41) is 1.94. The molecular weight excluding hydrogens is 318 g/mol. The summed E-state index contributed by atoms with van der Waals surface area (Å²) < 4.78 is 11.5. The zero-order valence-electron chi connectivity index (χ0n) is 15.0.